The third-order valence-electron chi connectivity index (χ3n) is 5.01. The van der Waals surface area contributed by atoms with Crippen LogP contribution in [0.25, 0.3) is 10.2 Å². The van der Waals surface area contributed by atoms with Crippen LogP contribution in [0.4, 0.5) is 5.82 Å². The van der Waals surface area contributed by atoms with Gasteiger partial charge in [-0.25, -0.2) is 9.97 Å². The van der Waals surface area contributed by atoms with Crippen LogP contribution in [-0.2, 0) is 11.2 Å². The van der Waals surface area contributed by atoms with Crippen molar-refractivity contribution in [2.75, 3.05) is 38.0 Å². The highest BCUT2D eigenvalue weighted by atomic mass is 32.1. The molecule has 1 N–H and O–H groups in total. The fraction of sp³-hybridized carbons (Fsp3) is 0.400. The molecule has 0 unspecified atom stereocenters. The zero-order chi connectivity index (χ0) is 20.2. The van der Waals surface area contributed by atoms with Gasteiger partial charge in [-0.2, -0.15) is 0 Å². The largest absolute Gasteiger partial charge is 0.459 e. The number of fused-ring (bicyclic) bond motifs is 1. The second-order valence-electron chi connectivity index (χ2n) is 6.83. The summed E-state index contributed by atoms with van der Waals surface area (Å²) < 4.78 is 5.17. The van der Waals surface area contributed by atoms with E-state index in [0.29, 0.717) is 44.9 Å². The number of carbonyl (C=O) groups is 2. The molecule has 1 fully saturated rings. The van der Waals surface area contributed by atoms with Crippen molar-refractivity contribution in [1.29, 1.82) is 0 Å². The summed E-state index contributed by atoms with van der Waals surface area (Å²) in [6.07, 6.45) is 4.39. The Balaban J connectivity index is 1.27. The zero-order valence-electron chi connectivity index (χ0n) is 16.3. The Labute approximate surface area is 172 Å². The normalized spacial score (nSPS) is 14.4. The summed E-state index contributed by atoms with van der Waals surface area (Å²) in [5.41, 5.74) is 0. The molecule has 0 saturated carbocycles. The summed E-state index contributed by atoms with van der Waals surface area (Å²) in [4.78, 5) is 39.2. The molecule has 0 atom stereocenters. The first-order chi connectivity index (χ1) is 14.2. The second kappa shape index (κ2) is 8.60. The summed E-state index contributed by atoms with van der Waals surface area (Å²) in [5, 5.41) is 4.28. The van der Waals surface area contributed by atoms with Crippen LogP contribution in [0.3, 0.4) is 0 Å². The van der Waals surface area contributed by atoms with E-state index < -0.39 is 0 Å². The highest BCUT2D eigenvalue weighted by Gasteiger charge is 2.25. The quantitative estimate of drug-likeness (QED) is 0.668. The number of carbonyl (C=O) groups excluding carboxylic acids is 2. The molecule has 9 heteroatoms. The Morgan fingerprint density at radius 2 is 2.00 bits per heavy atom. The van der Waals surface area contributed by atoms with E-state index in [1.54, 1.807) is 34.7 Å². The van der Waals surface area contributed by atoms with Crippen molar-refractivity contribution in [3.8, 4) is 0 Å². The van der Waals surface area contributed by atoms with Crippen molar-refractivity contribution in [2.45, 2.75) is 19.8 Å². The van der Waals surface area contributed by atoms with E-state index in [1.807, 2.05) is 4.90 Å². The zero-order valence-corrected chi connectivity index (χ0v) is 17.1. The van der Waals surface area contributed by atoms with E-state index in [-0.39, 0.29) is 11.8 Å². The van der Waals surface area contributed by atoms with Crippen LogP contribution in [0.15, 0.2) is 35.2 Å². The van der Waals surface area contributed by atoms with Crippen molar-refractivity contribution in [1.82, 2.24) is 19.8 Å². The molecule has 29 heavy (non-hydrogen) atoms. The number of aryl methyl sites for hydroxylation is 1. The molecule has 8 nitrogen and oxygen atoms in total. The van der Waals surface area contributed by atoms with Gasteiger partial charge in [-0.05, 0) is 24.6 Å². The molecule has 0 aliphatic carbocycles. The van der Waals surface area contributed by atoms with Gasteiger partial charge in [0, 0.05) is 44.0 Å². The second-order valence-corrected chi connectivity index (χ2v) is 7.95. The number of nitrogens with one attached hydrogen (secondary N) is 1. The van der Waals surface area contributed by atoms with E-state index in [1.165, 1.54) is 11.1 Å². The highest BCUT2D eigenvalue weighted by molar-refractivity contribution is 7.18. The predicted octanol–water partition coefficient (Wildman–Crippen LogP) is 2.63. The van der Waals surface area contributed by atoms with E-state index in [9.17, 15) is 9.59 Å². The van der Waals surface area contributed by atoms with Crippen molar-refractivity contribution in [3.05, 3.63) is 41.4 Å². The lowest BCUT2D eigenvalue weighted by Gasteiger charge is -2.34. The fourth-order valence-corrected chi connectivity index (χ4v) is 4.32. The van der Waals surface area contributed by atoms with Crippen LogP contribution in [0.1, 0.15) is 28.8 Å². The van der Waals surface area contributed by atoms with Crippen molar-refractivity contribution in [3.63, 3.8) is 0 Å². The number of aromatic nitrogens is 2. The molecule has 152 valence electrons. The third kappa shape index (κ3) is 4.24. The monoisotopic (exact) mass is 413 g/mol. The Morgan fingerprint density at radius 1 is 1.21 bits per heavy atom. The summed E-state index contributed by atoms with van der Waals surface area (Å²) in [5.74, 6) is 1.06. The molecular formula is C20H23N5O3S. The van der Waals surface area contributed by atoms with Gasteiger partial charge in [0.1, 0.15) is 17.0 Å². The van der Waals surface area contributed by atoms with Crippen molar-refractivity contribution in [2.24, 2.45) is 0 Å². The molecule has 4 rings (SSSR count). The van der Waals surface area contributed by atoms with Crippen molar-refractivity contribution >= 4 is 39.2 Å². The maximum atomic E-state index is 12.5. The van der Waals surface area contributed by atoms with E-state index >= 15 is 0 Å². The minimum atomic E-state index is -0.126. The lowest BCUT2D eigenvalue weighted by molar-refractivity contribution is -0.132. The summed E-state index contributed by atoms with van der Waals surface area (Å²) in [6.45, 7) is 4.72. The fourth-order valence-electron chi connectivity index (χ4n) is 3.38. The molecule has 0 spiro atoms. The van der Waals surface area contributed by atoms with Gasteiger partial charge in [0.05, 0.1) is 11.6 Å². The average Bonchev–Trinajstić information content (AvgIpc) is 3.43. The van der Waals surface area contributed by atoms with Gasteiger partial charge >= 0.3 is 0 Å². The maximum Gasteiger partial charge on any atom is 0.289 e. The van der Waals surface area contributed by atoms with Crippen LogP contribution < -0.4 is 5.32 Å². The number of thiophene rings is 1. The number of piperazine rings is 1. The Hall–Kier alpha value is -2.94. The topological polar surface area (TPSA) is 91.6 Å². The molecule has 4 heterocycles. The lowest BCUT2D eigenvalue weighted by atomic mass is 10.2. The number of hydrogen-bond donors (Lipinski definition) is 1. The molecule has 3 aromatic rings. The van der Waals surface area contributed by atoms with Crippen molar-refractivity contribution < 1.29 is 14.0 Å². The van der Waals surface area contributed by atoms with Gasteiger partial charge in [-0.3, -0.25) is 9.59 Å². The van der Waals surface area contributed by atoms with E-state index in [2.05, 4.69) is 28.3 Å². The summed E-state index contributed by atoms with van der Waals surface area (Å²) in [7, 11) is 0. The average molecular weight is 414 g/mol. The minimum Gasteiger partial charge on any atom is -0.459 e. The van der Waals surface area contributed by atoms with Crippen LogP contribution in [-0.4, -0.2) is 64.3 Å². The molecule has 0 bridgehead atoms. The number of anilines is 1. The Morgan fingerprint density at radius 3 is 2.72 bits per heavy atom. The van der Waals surface area contributed by atoms with Crippen LogP contribution >= 0.6 is 11.3 Å². The molecule has 2 amide bonds. The first kappa shape index (κ1) is 19.4. The SMILES string of the molecule is CCc1cc2c(NCCC(=O)N3CCN(C(=O)c4ccco4)CC3)ncnc2s1. The minimum absolute atomic E-state index is 0.0764. The van der Waals surface area contributed by atoms with Gasteiger partial charge in [-0.15, -0.1) is 11.3 Å². The first-order valence-electron chi connectivity index (χ1n) is 9.73. The molecule has 0 radical (unpaired) electrons. The van der Waals surface area contributed by atoms with Crippen LogP contribution in [0.5, 0.6) is 0 Å². The highest BCUT2D eigenvalue weighted by Crippen LogP contribution is 2.28. The Kier molecular flexibility index (Phi) is 5.75. The molecule has 0 aromatic carbocycles. The Bertz CT molecular complexity index is 993. The number of furan rings is 1. The van der Waals surface area contributed by atoms with Crippen LogP contribution in [0, 0.1) is 0 Å². The third-order valence-corrected chi connectivity index (χ3v) is 6.20. The van der Waals surface area contributed by atoms with Gasteiger partial charge in [0.25, 0.3) is 5.91 Å². The molecule has 3 aromatic heterocycles. The van der Waals surface area contributed by atoms with Crippen LogP contribution in [0.2, 0.25) is 0 Å². The lowest BCUT2D eigenvalue weighted by Crippen LogP contribution is -2.50. The maximum absolute atomic E-state index is 12.5. The predicted molar refractivity (Wildman–Crippen MR) is 111 cm³/mol. The molecule has 1 aliphatic rings. The number of hydrogen-bond acceptors (Lipinski definition) is 7. The smallest absolute Gasteiger partial charge is 0.289 e. The van der Waals surface area contributed by atoms with Gasteiger partial charge in [0.15, 0.2) is 5.76 Å². The van der Waals surface area contributed by atoms with E-state index in [0.717, 1.165) is 22.5 Å². The summed E-state index contributed by atoms with van der Waals surface area (Å²) >= 11 is 1.67. The van der Waals surface area contributed by atoms with E-state index in [4.69, 9.17) is 4.42 Å². The molecule has 1 saturated heterocycles. The number of nitrogens with zero attached hydrogens (tertiary/aromatic N) is 4. The van der Waals surface area contributed by atoms with Gasteiger partial charge in [0.2, 0.25) is 5.91 Å². The number of amides is 2. The van der Waals surface area contributed by atoms with Gasteiger partial charge < -0.3 is 19.5 Å². The summed E-state index contributed by atoms with van der Waals surface area (Å²) in [6, 6.07) is 5.47. The number of rotatable bonds is 6. The molecule has 1 aliphatic heterocycles. The molecular weight excluding hydrogens is 390 g/mol. The first-order valence-corrected chi connectivity index (χ1v) is 10.5. The standard InChI is InChI=1S/C20H23N5O3S/c1-2-14-12-15-18(22-13-23-19(15)29-14)21-6-5-17(26)24-7-9-25(10-8-24)20(27)16-4-3-11-28-16/h3-4,11-13H,2,5-10H2,1H3,(H,21,22,23). The van der Waals surface area contributed by atoms with Gasteiger partial charge in [-0.1, -0.05) is 6.92 Å².